The lowest BCUT2D eigenvalue weighted by Crippen LogP contribution is -2.08. The van der Waals surface area contributed by atoms with Gasteiger partial charge in [-0.05, 0) is 41.0 Å². The number of anilines is 1. The highest BCUT2D eigenvalue weighted by Gasteiger charge is 2.05. The van der Waals surface area contributed by atoms with Crippen LogP contribution < -0.4 is 4.90 Å². The second-order valence-electron chi connectivity index (χ2n) is 4.76. The third-order valence-electron chi connectivity index (χ3n) is 3.13. The van der Waals surface area contributed by atoms with Crippen molar-refractivity contribution in [2.24, 2.45) is 0 Å². The minimum absolute atomic E-state index is 0.227. The first kappa shape index (κ1) is 14.1. The molecule has 0 saturated carbocycles. The van der Waals surface area contributed by atoms with Crippen molar-refractivity contribution in [2.45, 2.75) is 0 Å². The van der Waals surface area contributed by atoms with Crippen LogP contribution in [0.1, 0.15) is 11.1 Å². The number of allylic oxidation sites excluding steroid dienone is 2. The van der Waals surface area contributed by atoms with E-state index < -0.39 is 0 Å². The van der Waals surface area contributed by atoms with Gasteiger partial charge < -0.3 is 4.90 Å². The molecule has 0 aliphatic rings. The van der Waals surface area contributed by atoms with Crippen LogP contribution in [-0.2, 0) is 0 Å². The number of hydrogen-bond acceptors (Lipinski definition) is 1. The van der Waals surface area contributed by atoms with Crippen molar-refractivity contribution in [1.82, 2.24) is 0 Å². The summed E-state index contributed by atoms with van der Waals surface area (Å²) in [7, 11) is 4.02. The molecule has 2 heteroatoms. The first-order valence-corrected chi connectivity index (χ1v) is 6.48. The Bertz CT molecular complexity index is 607. The molecule has 0 heterocycles. The highest BCUT2D eigenvalue weighted by atomic mass is 19.1. The average molecular weight is 267 g/mol. The van der Waals surface area contributed by atoms with Crippen molar-refractivity contribution >= 4 is 11.3 Å². The van der Waals surface area contributed by atoms with Crippen molar-refractivity contribution in [3.8, 4) is 0 Å². The highest BCUT2D eigenvalue weighted by molar-refractivity contribution is 5.81. The van der Waals surface area contributed by atoms with Gasteiger partial charge in [0.1, 0.15) is 5.82 Å². The molecule has 0 N–H and O–H groups in total. The fourth-order valence-corrected chi connectivity index (χ4v) is 2.05. The predicted octanol–water partition coefficient (Wildman–Crippen LogP) is 4.51. The van der Waals surface area contributed by atoms with Gasteiger partial charge in [-0.15, -0.1) is 0 Å². The summed E-state index contributed by atoms with van der Waals surface area (Å²) in [6, 6.07) is 14.8. The van der Waals surface area contributed by atoms with E-state index in [0.29, 0.717) is 0 Å². The topological polar surface area (TPSA) is 3.24 Å². The van der Waals surface area contributed by atoms with E-state index in [-0.39, 0.29) is 5.82 Å². The third-order valence-corrected chi connectivity index (χ3v) is 3.13. The molecule has 102 valence electrons. The number of benzene rings is 2. The van der Waals surface area contributed by atoms with Crippen LogP contribution in [0, 0.1) is 5.82 Å². The first-order chi connectivity index (χ1) is 9.61. The molecular weight excluding hydrogens is 249 g/mol. The van der Waals surface area contributed by atoms with E-state index in [4.69, 9.17) is 0 Å². The standard InChI is InChI=1S/C18H18FN/c1-4-5-18(14-6-10-16(19)11-7-14)15-8-12-17(13-9-15)20(2)3/h4-13H,1H2,2-3H3/b18-5+. The SMILES string of the molecule is C=C/C=C(\c1ccc(F)cc1)c1ccc(N(C)C)cc1. The van der Waals surface area contributed by atoms with Crippen molar-refractivity contribution < 1.29 is 4.39 Å². The van der Waals surface area contributed by atoms with Gasteiger partial charge in [-0.25, -0.2) is 4.39 Å². The summed E-state index contributed by atoms with van der Waals surface area (Å²) in [5.41, 5.74) is 4.24. The first-order valence-electron chi connectivity index (χ1n) is 6.48. The zero-order valence-corrected chi connectivity index (χ0v) is 11.8. The van der Waals surface area contributed by atoms with E-state index in [0.717, 1.165) is 22.4 Å². The van der Waals surface area contributed by atoms with Crippen LogP contribution in [0.2, 0.25) is 0 Å². The summed E-state index contributed by atoms with van der Waals surface area (Å²) in [6.45, 7) is 3.76. The van der Waals surface area contributed by atoms with Crippen LogP contribution >= 0.6 is 0 Å². The molecule has 2 aromatic rings. The molecule has 2 rings (SSSR count). The van der Waals surface area contributed by atoms with Crippen LogP contribution in [0.25, 0.3) is 5.57 Å². The lowest BCUT2D eigenvalue weighted by atomic mass is 9.97. The molecule has 0 unspecified atom stereocenters. The number of nitrogens with zero attached hydrogens (tertiary/aromatic N) is 1. The zero-order valence-electron chi connectivity index (χ0n) is 11.8. The Labute approximate surface area is 119 Å². The van der Waals surface area contributed by atoms with E-state index in [2.05, 4.69) is 35.7 Å². The van der Waals surface area contributed by atoms with Gasteiger partial charge in [0, 0.05) is 19.8 Å². The third kappa shape index (κ3) is 3.15. The monoisotopic (exact) mass is 267 g/mol. The molecule has 0 atom stereocenters. The summed E-state index contributed by atoms with van der Waals surface area (Å²) in [5.74, 6) is -0.227. The van der Waals surface area contributed by atoms with Crippen LogP contribution in [0.4, 0.5) is 10.1 Å². The fraction of sp³-hybridized carbons (Fsp3) is 0.111. The minimum Gasteiger partial charge on any atom is -0.378 e. The zero-order chi connectivity index (χ0) is 14.5. The van der Waals surface area contributed by atoms with Gasteiger partial charge in [0.05, 0.1) is 0 Å². The smallest absolute Gasteiger partial charge is 0.123 e. The van der Waals surface area contributed by atoms with E-state index >= 15 is 0 Å². The van der Waals surface area contributed by atoms with Crippen molar-refractivity contribution in [3.05, 3.63) is 84.2 Å². The van der Waals surface area contributed by atoms with Gasteiger partial charge in [-0.3, -0.25) is 0 Å². The molecule has 0 fully saturated rings. The van der Waals surface area contributed by atoms with Gasteiger partial charge in [0.15, 0.2) is 0 Å². The Morgan fingerprint density at radius 3 is 1.90 bits per heavy atom. The largest absolute Gasteiger partial charge is 0.378 e. The maximum Gasteiger partial charge on any atom is 0.123 e. The van der Waals surface area contributed by atoms with E-state index in [1.54, 1.807) is 18.2 Å². The number of halogens is 1. The van der Waals surface area contributed by atoms with Crippen molar-refractivity contribution in [2.75, 3.05) is 19.0 Å². The molecule has 0 saturated heterocycles. The molecule has 0 spiro atoms. The second kappa shape index (κ2) is 6.20. The highest BCUT2D eigenvalue weighted by Crippen LogP contribution is 2.25. The van der Waals surface area contributed by atoms with E-state index in [1.165, 1.54) is 12.1 Å². The maximum absolute atomic E-state index is 13.0. The van der Waals surface area contributed by atoms with E-state index in [9.17, 15) is 4.39 Å². The maximum atomic E-state index is 13.0. The van der Waals surface area contributed by atoms with Crippen LogP contribution in [0.15, 0.2) is 67.3 Å². The van der Waals surface area contributed by atoms with Gasteiger partial charge in [0.25, 0.3) is 0 Å². The fourth-order valence-electron chi connectivity index (χ4n) is 2.05. The van der Waals surface area contributed by atoms with Crippen molar-refractivity contribution in [1.29, 1.82) is 0 Å². The molecule has 0 aromatic heterocycles. The Morgan fingerprint density at radius 2 is 1.45 bits per heavy atom. The summed E-state index contributed by atoms with van der Waals surface area (Å²) in [5, 5.41) is 0. The molecular formula is C18H18FN. The molecule has 0 bridgehead atoms. The molecule has 0 aliphatic heterocycles. The summed E-state index contributed by atoms with van der Waals surface area (Å²) in [6.07, 6.45) is 3.69. The Balaban J connectivity index is 2.41. The van der Waals surface area contributed by atoms with Crippen LogP contribution in [0.5, 0.6) is 0 Å². The predicted molar refractivity (Wildman–Crippen MR) is 84.4 cm³/mol. The number of rotatable bonds is 4. The lowest BCUT2D eigenvalue weighted by Gasteiger charge is -2.14. The van der Waals surface area contributed by atoms with Gasteiger partial charge in [-0.2, -0.15) is 0 Å². The van der Waals surface area contributed by atoms with Gasteiger partial charge in [0.2, 0.25) is 0 Å². The molecule has 0 amide bonds. The lowest BCUT2D eigenvalue weighted by molar-refractivity contribution is 0.627. The van der Waals surface area contributed by atoms with E-state index in [1.807, 2.05) is 20.2 Å². The minimum atomic E-state index is -0.227. The van der Waals surface area contributed by atoms with Crippen molar-refractivity contribution in [3.63, 3.8) is 0 Å². The quantitative estimate of drug-likeness (QED) is 0.737. The Hall–Kier alpha value is -2.35. The molecule has 1 nitrogen and oxygen atoms in total. The van der Waals surface area contributed by atoms with Crippen LogP contribution in [0.3, 0.4) is 0 Å². The molecule has 20 heavy (non-hydrogen) atoms. The Morgan fingerprint density at radius 1 is 0.950 bits per heavy atom. The normalized spacial score (nSPS) is 11.2. The van der Waals surface area contributed by atoms with Crippen LogP contribution in [-0.4, -0.2) is 14.1 Å². The summed E-state index contributed by atoms with van der Waals surface area (Å²) >= 11 is 0. The molecule has 0 aliphatic carbocycles. The molecule has 2 aromatic carbocycles. The summed E-state index contributed by atoms with van der Waals surface area (Å²) < 4.78 is 13.0. The van der Waals surface area contributed by atoms with Gasteiger partial charge in [-0.1, -0.05) is 43.0 Å². The van der Waals surface area contributed by atoms with Gasteiger partial charge >= 0.3 is 0 Å². The molecule has 0 radical (unpaired) electrons. The Kier molecular flexibility index (Phi) is 4.36. The summed E-state index contributed by atoms with van der Waals surface area (Å²) in [4.78, 5) is 2.05. The average Bonchev–Trinajstić information content (AvgIpc) is 2.46. The second-order valence-corrected chi connectivity index (χ2v) is 4.76. The number of hydrogen-bond donors (Lipinski definition) is 0.